The van der Waals surface area contributed by atoms with E-state index in [0.29, 0.717) is 29.1 Å². The van der Waals surface area contributed by atoms with Crippen molar-refractivity contribution >= 4 is 33.5 Å². The first-order chi connectivity index (χ1) is 18.4. The van der Waals surface area contributed by atoms with Crippen LogP contribution in [-0.2, 0) is 11.2 Å². The van der Waals surface area contributed by atoms with E-state index in [4.69, 9.17) is 0 Å². The first-order valence-corrected chi connectivity index (χ1v) is 13.8. The molecule has 0 radical (unpaired) electrons. The van der Waals surface area contributed by atoms with Crippen molar-refractivity contribution in [3.8, 4) is 11.1 Å². The zero-order valence-corrected chi connectivity index (χ0v) is 22.3. The van der Waals surface area contributed by atoms with Crippen LogP contribution in [0.2, 0.25) is 0 Å². The van der Waals surface area contributed by atoms with Gasteiger partial charge >= 0.3 is 0 Å². The molecule has 9 heteroatoms. The highest BCUT2D eigenvalue weighted by Crippen LogP contribution is 2.35. The van der Waals surface area contributed by atoms with Crippen molar-refractivity contribution in [2.45, 2.75) is 25.7 Å². The van der Waals surface area contributed by atoms with Gasteiger partial charge in [-0.25, -0.2) is 22.3 Å². The number of hydrogen-bond donors (Lipinski definition) is 3. The molecule has 0 saturated carbocycles. The first-order valence-electron chi connectivity index (χ1n) is 12.7. The molecule has 5 rings (SSSR count). The summed E-state index contributed by atoms with van der Waals surface area (Å²) in [7, 11) is 1.64. The Labute approximate surface area is 223 Å². The fourth-order valence-corrected chi connectivity index (χ4v) is 5.58. The van der Waals surface area contributed by atoms with Gasteiger partial charge in [0.1, 0.15) is 11.5 Å². The van der Waals surface area contributed by atoms with E-state index in [0.717, 1.165) is 43.1 Å². The van der Waals surface area contributed by atoms with E-state index in [1.165, 1.54) is 15.9 Å². The Morgan fingerprint density at radius 2 is 1.89 bits per heavy atom. The topological polar surface area (TPSA) is 73.0 Å². The molecular weight excluding hydrogens is 504 g/mol. The van der Waals surface area contributed by atoms with Crippen LogP contribution in [0.15, 0.2) is 61.4 Å². The highest BCUT2D eigenvalue weighted by molar-refractivity contribution is 7.84. The van der Waals surface area contributed by atoms with Crippen molar-refractivity contribution < 1.29 is 13.0 Å². The van der Waals surface area contributed by atoms with Crippen molar-refractivity contribution in [1.29, 1.82) is 0 Å². The Balaban J connectivity index is 1.46. The number of aromatic amines is 1. The second-order valence-electron chi connectivity index (χ2n) is 9.53. The number of halogens is 2. The molecule has 0 aliphatic carbocycles. The van der Waals surface area contributed by atoms with Gasteiger partial charge in [0, 0.05) is 42.5 Å². The molecule has 1 aliphatic rings. The lowest BCUT2D eigenvalue weighted by atomic mass is 9.89. The molecule has 3 heterocycles. The van der Waals surface area contributed by atoms with Crippen molar-refractivity contribution in [3.63, 3.8) is 0 Å². The molecule has 0 spiro atoms. The standard InChI is InChI=1S/C29H31F2N5OS/c1-4-36(3)38(37)35-26-10-9-25(30)27(28(26)31)18(2)24-17-34-29-23(24)15-22(16-33-29)20-7-5-19(6-8-20)21-11-13-32-14-12-21/h5-10,15-17,21,32,35H,2,4,11-14H2,1,3H3,(H,33,34). The monoisotopic (exact) mass is 535 g/mol. The Kier molecular flexibility index (Phi) is 7.69. The summed E-state index contributed by atoms with van der Waals surface area (Å²) >= 11 is -1.67. The predicted octanol–water partition coefficient (Wildman–Crippen LogP) is 5.98. The number of hydrogen-bond acceptors (Lipinski definition) is 3. The summed E-state index contributed by atoms with van der Waals surface area (Å²) in [6.45, 7) is 8.44. The second kappa shape index (κ2) is 11.1. The molecule has 0 bridgehead atoms. The zero-order valence-electron chi connectivity index (χ0n) is 21.5. The number of aromatic nitrogens is 2. The summed E-state index contributed by atoms with van der Waals surface area (Å²) in [6.07, 6.45) is 5.72. The predicted molar refractivity (Wildman–Crippen MR) is 151 cm³/mol. The van der Waals surface area contributed by atoms with E-state index in [-0.39, 0.29) is 16.8 Å². The molecule has 0 amide bonds. The van der Waals surface area contributed by atoms with Crippen LogP contribution in [0, 0.1) is 11.6 Å². The normalized spacial score (nSPS) is 15.2. The summed E-state index contributed by atoms with van der Waals surface area (Å²) in [5.74, 6) is -1.03. The van der Waals surface area contributed by atoms with Gasteiger partial charge in [-0.15, -0.1) is 0 Å². The molecule has 1 fully saturated rings. The average molecular weight is 536 g/mol. The quantitative estimate of drug-likeness (QED) is 0.260. The van der Waals surface area contributed by atoms with E-state index in [9.17, 15) is 8.60 Å². The lowest BCUT2D eigenvalue weighted by Crippen LogP contribution is -2.26. The fraction of sp³-hybridized carbons (Fsp3) is 0.276. The summed E-state index contributed by atoms with van der Waals surface area (Å²) in [6, 6.07) is 12.9. The maximum atomic E-state index is 15.5. The third kappa shape index (κ3) is 5.14. The number of fused-ring (bicyclic) bond motifs is 1. The Hall–Kier alpha value is -3.40. The first kappa shape index (κ1) is 26.2. The zero-order chi connectivity index (χ0) is 26.8. The lowest BCUT2D eigenvalue weighted by molar-refractivity contribution is 0.460. The Bertz CT molecular complexity index is 1500. The van der Waals surface area contributed by atoms with Gasteiger partial charge in [0.25, 0.3) is 0 Å². The second-order valence-corrected chi connectivity index (χ2v) is 10.9. The number of anilines is 1. The number of nitrogens with zero attached hydrogens (tertiary/aromatic N) is 2. The number of rotatable bonds is 8. The van der Waals surface area contributed by atoms with E-state index in [2.05, 4.69) is 50.9 Å². The molecule has 198 valence electrons. The highest BCUT2D eigenvalue weighted by Gasteiger charge is 2.22. The average Bonchev–Trinajstić information content (AvgIpc) is 3.38. The van der Waals surface area contributed by atoms with Gasteiger partial charge in [0.2, 0.25) is 0 Å². The van der Waals surface area contributed by atoms with Gasteiger partial charge in [-0.3, -0.25) is 4.72 Å². The van der Waals surface area contributed by atoms with Crippen molar-refractivity contribution in [3.05, 3.63) is 89.8 Å². The van der Waals surface area contributed by atoms with Gasteiger partial charge in [-0.05, 0) is 66.7 Å². The van der Waals surface area contributed by atoms with Crippen LogP contribution in [0.1, 0.15) is 42.4 Å². The van der Waals surface area contributed by atoms with E-state index >= 15 is 4.39 Å². The molecule has 1 atom stereocenters. The number of benzene rings is 2. The Morgan fingerprint density at radius 3 is 2.61 bits per heavy atom. The van der Waals surface area contributed by atoms with Crippen LogP contribution >= 0.6 is 0 Å². The molecule has 3 N–H and O–H groups in total. The molecule has 2 aromatic carbocycles. The maximum absolute atomic E-state index is 15.5. The van der Waals surface area contributed by atoms with Gasteiger partial charge in [0.15, 0.2) is 17.0 Å². The maximum Gasteiger partial charge on any atom is 0.196 e. The van der Waals surface area contributed by atoms with Crippen LogP contribution in [-0.4, -0.2) is 45.2 Å². The van der Waals surface area contributed by atoms with Crippen LogP contribution < -0.4 is 10.0 Å². The van der Waals surface area contributed by atoms with Crippen molar-refractivity contribution in [1.82, 2.24) is 19.6 Å². The van der Waals surface area contributed by atoms with Gasteiger partial charge in [-0.2, -0.15) is 0 Å². The van der Waals surface area contributed by atoms with E-state index in [1.54, 1.807) is 19.4 Å². The molecule has 4 aromatic rings. The molecule has 38 heavy (non-hydrogen) atoms. The number of nitrogens with one attached hydrogen (secondary N) is 3. The number of piperidine rings is 1. The van der Waals surface area contributed by atoms with Crippen LogP contribution in [0.4, 0.5) is 14.5 Å². The largest absolute Gasteiger partial charge is 0.346 e. The number of pyridine rings is 1. The molecule has 6 nitrogen and oxygen atoms in total. The summed E-state index contributed by atoms with van der Waals surface area (Å²) in [4.78, 5) is 7.63. The molecule has 1 saturated heterocycles. The SMILES string of the molecule is C=C(c1c(F)ccc(NS(=O)N(C)CC)c1F)c1c[nH]c2ncc(-c3ccc(C4CCNCC4)cc3)cc12. The molecular formula is C29H31F2N5OS. The molecule has 2 aromatic heterocycles. The highest BCUT2D eigenvalue weighted by atomic mass is 32.2. The third-order valence-corrected chi connectivity index (χ3v) is 8.45. The van der Waals surface area contributed by atoms with Crippen molar-refractivity contribution in [2.24, 2.45) is 0 Å². The van der Waals surface area contributed by atoms with Crippen molar-refractivity contribution in [2.75, 3.05) is 31.4 Å². The Morgan fingerprint density at radius 1 is 1.16 bits per heavy atom. The van der Waals surface area contributed by atoms with E-state index in [1.807, 2.05) is 13.0 Å². The fourth-order valence-electron chi connectivity index (χ4n) is 4.85. The van der Waals surface area contributed by atoms with Crippen LogP contribution in [0.3, 0.4) is 0 Å². The molecule has 1 unspecified atom stereocenters. The minimum absolute atomic E-state index is 0.0614. The van der Waals surface area contributed by atoms with Gasteiger partial charge < -0.3 is 10.3 Å². The molecule has 1 aliphatic heterocycles. The summed E-state index contributed by atoms with van der Waals surface area (Å²) < 4.78 is 46.9. The van der Waals surface area contributed by atoms with Gasteiger partial charge in [-0.1, -0.05) is 37.8 Å². The van der Waals surface area contributed by atoms with Gasteiger partial charge in [0.05, 0.1) is 11.3 Å². The number of H-pyrrole nitrogens is 1. The summed E-state index contributed by atoms with van der Waals surface area (Å²) in [5.41, 5.74) is 4.23. The van der Waals surface area contributed by atoms with Crippen LogP contribution in [0.25, 0.3) is 27.7 Å². The minimum atomic E-state index is -1.67. The minimum Gasteiger partial charge on any atom is -0.346 e. The summed E-state index contributed by atoms with van der Waals surface area (Å²) in [5, 5.41) is 4.11. The smallest absolute Gasteiger partial charge is 0.196 e. The van der Waals surface area contributed by atoms with Crippen LogP contribution in [0.5, 0.6) is 0 Å². The van der Waals surface area contributed by atoms with E-state index < -0.39 is 22.8 Å². The lowest BCUT2D eigenvalue weighted by Gasteiger charge is -2.23. The third-order valence-electron chi connectivity index (χ3n) is 7.23.